The topological polar surface area (TPSA) is 101 Å². The molecule has 6 nitrogen and oxygen atoms in total. The molecule has 0 saturated heterocycles. The minimum atomic E-state index is -1.02. The lowest BCUT2D eigenvalue weighted by Gasteiger charge is -2.11. The van der Waals surface area contributed by atoms with Crippen LogP contribution in [-0.2, 0) is 19.1 Å². The molecular weight excluding hydrogens is 408 g/mol. The molecule has 0 aliphatic rings. The largest absolute Gasteiger partial charge is 0.508 e. The first-order valence-electron chi connectivity index (χ1n) is 10.4. The number of ether oxygens (including phenoxy) is 1. The molecule has 0 spiro atoms. The van der Waals surface area contributed by atoms with Crippen LogP contribution in [0.5, 0.6) is 11.5 Å². The van der Waals surface area contributed by atoms with Crippen molar-refractivity contribution >= 4 is 29.7 Å². The van der Waals surface area contributed by atoms with E-state index in [-0.39, 0.29) is 30.9 Å². The molecule has 0 fully saturated rings. The van der Waals surface area contributed by atoms with Gasteiger partial charge in [-0.1, -0.05) is 24.3 Å². The Morgan fingerprint density at radius 3 is 1.75 bits per heavy atom. The van der Waals surface area contributed by atoms with Gasteiger partial charge in [0.1, 0.15) is 11.5 Å². The standard InChI is InChI=1S/C26H28O6/c1-4-32-26(31)14-9-21(24(29)12-7-19-5-10-22(27)17(2)15-19)25(30)13-8-20-6-11-23(28)18(3)16-20/h5-8,10-13,15-16,21,27-28H,4,9,14H2,1-3H3/b12-7+,13-8+. The third-order valence-electron chi connectivity index (χ3n) is 4.95. The average molecular weight is 437 g/mol. The quantitative estimate of drug-likeness (QED) is 0.322. The molecule has 0 aliphatic carbocycles. The number of esters is 1. The number of aryl methyl sites for hydroxylation is 2. The van der Waals surface area contributed by atoms with Gasteiger partial charge in [0.2, 0.25) is 0 Å². The second-order valence-electron chi connectivity index (χ2n) is 7.46. The van der Waals surface area contributed by atoms with E-state index in [2.05, 4.69) is 0 Å². The minimum absolute atomic E-state index is 0.0361. The van der Waals surface area contributed by atoms with Gasteiger partial charge in [0, 0.05) is 6.42 Å². The van der Waals surface area contributed by atoms with Crippen molar-refractivity contribution in [2.45, 2.75) is 33.6 Å². The first-order chi connectivity index (χ1) is 15.2. The zero-order chi connectivity index (χ0) is 23.7. The molecule has 32 heavy (non-hydrogen) atoms. The van der Waals surface area contributed by atoms with Crippen LogP contribution in [0, 0.1) is 19.8 Å². The fourth-order valence-electron chi connectivity index (χ4n) is 3.07. The van der Waals surface area contributed by atoms with Crippen molar-refractivity contribution in [1.82, 2.24) is 0 Å². The maximum Gasteiger partial charge on any atom is 0.305 e. The van der Waals surface area contributed by atoms with Crippen LogP contribution in [0.25, 0.3) is 12.2 Å². The van der Waals surface area contributed by atoms with Crippen LogP contribution in [-0.4, -0.2) is 34.4 Å². The van der Waals surface area contributed by atoms with Crippen molar-refractivity contribution in [3.8, 4) is 11.5 Å². The van der Waals surface area contributed by atoms with Gasteiger partial charge < -0.3 is 14.9 Å². The summed E-state index contributed by atoms with van der Waals surface area (Å²) in [6, 6.07) is 9.84. The number of carbonyl (C=O) groups excluding carboxylic acids is 3. The van der Waals surface area contributed by atoms with Crippen LogP contribution >= 0.6 is 0 Å². The van der Waals surface area contributed by atoms with Gasteiger partial charge in [-0.25, -0.2) is 0 Å². The molecular formula is C26H28O6. The predicted octanol–water partition coefficient (Wildman–Crippen LogP) is 4.54. The molecule has 0 saturated carbocycles. The number of phenols is 2. The van der Waals surface area contributed by atoms with Crippen LogP contribution in [0.4, 0.5) is 0 Å². The zero-order valence-corrected chi connectivity index (χ0v) is 18.5. The van der Waals surface area contributed by atoms with E-state index in [1.165, 1.54) is 24.3 Å². The van der Waals surface area contributed by atoms with E-state index >= 15 is 0 Å². The molecule has 0 amide bonds. The number of phenolic OH excluding ortho intramolecular Hbond substituents is 2. The summed E-state index contributed by atoms with van der Waals surface area (Å²) in [6.45, 7) is 5.41. The van der Waals surface area contributed by atoms with E-state index in [0.717, 1.165) is 0 Å². The smallest absolute Gasteiger partial charge is 0.305 e. The number of aromatic hydroxyl groups is 2. The lowest BCUT2D eigenvalue weighted by Crippen LogP contribution is -2.22. The first kappa shape index (κ1) is 24.6. The summed E-state index contributed by atoms with van der Waals surface area (Å²) in [5.41, 5.74) is 2.75. The third kappa shape index (κ3) is 7.23. The van der Waals surface area contributed by atoms with Crippen molar-refractivity contribution in [3.63, 3.8) is 0 Å². The molecule has 6 heteroatoms. The predicted molar refractivity (Wildman–Crippen MR) is 123 cm³/mol. The molecule has 0 aromatic heterocycles. The van der Waals surface area contributed by atoms with Crippen LogP contribution in [0.1, 0.15) is 42.0 Å². The molecule has 0 radical (unpaired) electrons. The van der Waals surface area contributed by atoms with Gasteiger partial charge in [-0.2, -0.15) is 0 Å². The lowest BCUT2D eigenvalue weighted by atomic mass is 9.92. The van der Waals surface area contributed by atoms with Gasteiger partial charge >= 0.3 is 5.97 Å². The van der Waals surface area contributed by atoms with Crippen LogP contribution in [0.15, 0.2) is 48.6 Å². The Bertz CT molecular complexity index is 975. The summed E-state index contributed by atoms with van der Waals surface area (Å²) in [5, 5.41) is 19.3. The summed E-state index contributed by atoms with van der Waals surface area (Å²) in [5.74, 6) is -2.01. The fourth-order valence-corrected chi connectivity index (χ4v) is 3.07. The molecule has 0 bridgehead atoms. The van der Waals surface area contributed by atoms with Gasteiger partial charge in [0.15, 0.2) is 11.6 Å². The van der Waals surface area contributed by atoms with Crippen LogP contribution in [0.2, 0.25) is 0 Å². The van der Waals surface area contributed by atoms with E-state index in [1.54, 1.807) is 57.2 Å². The van der Waals surface area contributed by atoms with Gasteiger partial charge in [0.25, 0.3) is 0 Å². The molecule has 168 valence electrons. The van der Waals surface area contributed by atoms with Crippen LogP contribution in [0.3, 0.4) is 0 Å². The number of allylic oxidation sites excluding steroid dienone is 2. The number of carbonyl (C=O) groups is 3. The Hall–Kier alpha value is -3.67. The molecule has 0 atom stereocenters. The van der Waals surface area contributed by atoms with Crippen molar-refractivity contribution in [1.29, 1.82) is 0 Å². The van der Waals surface area contributed by atoms with E-state index in [0.29, 0.717) is 22.3 Å². The van der Waals surface area contributed by atoms with Crippen molar-refractivity contribution < 1.29 is 29.3 Å². The molecule has 2 aromatic rings. The number of rotatable bonds is 10. The van der Waals surface area contributed by atoms with E-state index < -0.39 is 23.5 Å². The Labute approximate surface area is 187 Å². The summed E-state index contributed by atoms with van der Waals surface area (Å²) < 4.78 is 4.91. The first-order valence-corrected chi connectivity index (χ1v) is 10.4. The highest BCUT2D eigenvalue weighted by molar-refractivity contribution is 6.13. The molecule has 2 aromatic carbocycles. The van der Waals surface area contributed by atoms with E-state index in [9.17, 15) is 24.6 Å². The highest BCUT2D eigenvalue weighted by Gasteiger charge is 2.24. The summed E-state index contributed by atoms with van der Waals surface area (Å²) in [7, 11) is 0. The highest BCUT2D eigenvalue weighted by atomic mass is 16.5. The minimum Gasteiger partial charge on any atom is -0.508 e. The third-order valence-corrected chi connectivity index (χ3v) is 4.95. The monoisotopic (exact) mass is 436 g/mol. The van der Waals surface area contributed by atoms with Gasteiger partial charge in [-0.3, -0.25) is 14.4 Å². The Morgan fingerprint density at radius 2 is 1.34 bits per heavy atom. The maximum atomic E-state index is 12.8. The summed E-state index contributed by atoms with van der Waals surface area (Å²) >= 11 is 0. The SMILES string of the molecule is CCOC(=O)CCC(C(=O)/C=C/c1ccc(O)c(C)c1)C(=O)/C=C/c1ccc(O)c(C)c1. The number of hydrogen-bond acceptors (Lipinski definition) is 6. The van der Waals surface area contributed by atoms with Crippen molar-refractivity contribution in [3.05, 3.63) is 70.8 Å². The van der Waals surface area contributed by atoms with Crippen molar-refractivity contribution in [2.75, 3.05) is 6.61 Å². The summed E-state index contributed by atoms with van der Waals surface area (Å²) in [4.78, 5) is 37.4. The molecule has 0 heterocycles. The molecule has 0 unspecified atom stereocenters. The molecule has 2 rings (SSSR count). The van der Waals surface area contributed by atoms with Gasteiger partial charge in [0.05, 0.1) is 12.5 Å². The average Bonchev–Trinajstić information content (AvgIpc) is 2.75. The molecule has 2 N–H and O–H groups in total. The van der Waals surface area contributed by atoms with E-state index in [1.807, 2.05) is 0 Å². The van der Waals surface area contributed by atoms with E-state index in [4.69, 9.17) is 4.74 Å². The van der Waals surface area contributed by atoms with Crippen molar-refractivity contribution in [2.24, 2.45) is 5.92 Å². The molecule has 0 aliphatic heterocycles. The maximum absolute atomic E-state index is 12.8. The Balaban J connectivity index is 2.19. The normalized spacial score (nSPS) is 11.4. The Kier molecular flexibility index (Phi) is 8.95. The van der Waals surface area contributed by atoms with Crippen LogP contribution < -0.4 is 0 Å². The second-order valence-corrected chi connectivity index (χ2v) is 7.46. The second kappa shape index (κ2) is 11.6. The Morgan fingerprint density at radius 1 is 0.875 bits per heavy atom. The zero-order valence-electron chi connectivity index (χ0n) is 18.5. The number of benzene rings is 2. The van der Waals surface area contributed by atoms with Gasteiger partial charge in [-0.05, 0) is 85.9 Å². The lowest BCUT2D eigenvalue weighted by molar-refractivity contribution is -0.143. The number of ketones is 2. The highest BCUT2D eigenvalue weighted by Crippen LogP contribution is 2.20. The van der Waals surface area contributed by atoms with Gasteiger partial charge in [-0.15, -0.1) is 0 Å². The number of hydrogen-bond donors (Lipinski definition) is 2. The summed E-state index contributed by atoms with van der Waals surface area (Å²) in [6.07, 6.45) is 5.78. The fraction of sp³-hybridized carbons (Fsp3) is 0.269.